The second-order valence-corrected chi connectivity index (χ2v) is 5.61. The number of aromatic nitrogens is 1. The van der Waals surface area contributed by atoms with Crippen LogP contribution in [0, 0.1) is 31.0 Å². The molecule has 0 spiro atoms. The topological polar surface area (TPSA) is 57.8 Å². The number of halogens is 1. The van der Waals surface area contributed by atoms with E-state index in [1.165, 1.54) is 18.2 Å². The van der Waals surface area contributed by atoms with Gasteiger partial charge >= 0.3 is 0 Å². The molecule has 5 heteroatoms. The molecule has 1 N–H and O–H groups in total. The number of nitrogens with zero attached hydrogens (tertiary/aromatic N) is 2. The van der Waals surface area contributed by atoms with Crippen LogP contribution < -0.4 is 5.32 Å². The molecule has 0 aliphatic rings. The van der Waals surface area contributed by atoms with Gasteiger partial charge in [-0.05, 0) is 56.2 Å². The lowest BCUT2D eigenvalue weighted by Crippen LogP contribution is -2.13. The summed E-state index contributed by atoms with van der Waals surface area (Å²) >= 11 is 0. The predicted octanol–water partition coefficient (Wildman–Crippen LogP) is 4.20. The third-order valence-corrected chi connectivity index (χ3v) is 3.81. The van der Waals surface area contributed by atoms with Crippen molar-refractivity contribution in [3.8, 4) is 6.07 Å². The zero-order chi connectivity index (χ0) is 17.7. The average Bonchev–Trinajstić information content (AvgIpc) is 2.80. The Morgan fingerprint density at radius 1 is 1.38 bits per heavy atom. The lowest BCUT2D eigenvalue weighted by molar-refractivity contribution is -0.112. The molecule has 0 aliphatic carbocycles. The van der Waals surface area contributed by atoms with Crippen LogP contribution in [0.25, 0.3) is 6.08 Å². The molecule has 0 aliphatic heterocycles. The molecule has 1 amide bonds. The third kappa shape index (κ3) is 3.90. The first-order chi connectivity index (χ1) is 11.5. The van der Waals surface area contributed by atoms with Gasteiger partial charge in [0.25, 0.3) is 5.91 Å². The van der Waals surface area contributed by atoms with E-state index in [1.807, 2.05) is 26.0 Å². The van der Waals surface area contributed by atoms with Crippen molar-refractivity contribution in [2.24, 2.45) is 0 Å². The van der Waals surface area contributed by atoms with Crippen LogP contribution in [0.15, 0.2) is 35.9 Å². The molecular formula is C19H20FN3O. The maximum atomic E-state index is 13.2. The van der Waals surface area contributed by atoms with Gasteiger partial charge in [0, 0.05) is 23.6 Å². The number of carbonyl (C=O) groups excluding carboxylic acids is 1. The van der Waals surface area contributed by atoms with Crippen LogP contribution >= 0.6 is 0 Å². The van der Waals surface area contributed by atoms with Crippen molar-refractivity contribution in [1.29, 1.82) is 5.26 Å². The third-order valence-electron chi connectivity index (χ3n) is 3.81. The Bertz CT molecular complexity index is 828. The first-order valence-corrected chi connectivity index (χ1v) is 7.81. The van der Waals surface area contributed by atoms with Crippen LogP contribution in [0.1, 0.15) is 30.3 Å². The second-order valence-electron chi connectivity index (χ2n) is 5.61. The van der Waals surface area contributed by atoms with Gasteiger partial charge in [-0.2, -0.15) is 5.26 Å². The molecule has 1 aromatic carbocycles. The largest absolute Gasteiger partial charge is 0.349 e. The van der Waals surface area contributed by atoms with Crippen molar-refractivity contribution in [2.45, 2.75) is 33.7 Å². The Hall–Kier alpha value is -2.87. The smallest absolute Gasteiger partial charge is 0.266 e. The summed E-state index contributed by atoms with van der Waals surface area (Å²) in [5.74, 6) is -0.998. The number of amides is 1. The minimum absolute atomic E-state index is 0.0176. The van der Waals surface area contributed by atoms with E-state index in [4.69, 9.17) is 0 Å². The van der Waals surface area contributed by atoms with E-state index in [0.717, 1.165) is 29.9 Å². The highest BCUT2D eigenvalue weighted by atomic mass is 19.1. The highest BCUT2D eigenvalue weighted by Crippen LogP contribution is 2.19. The molecule has 0 unspecified atom stereocenters. The molecular weight excluding hydrogens is 305 g/mol. The van der Waals surface area contributed by atoms with Crippen molar-refractivity contribution >= 4 is 17.7 Å². The number of hydrogen-bond acceptors (Lipinski definition) is 2. The number of rotatable bonds is 5. The lowest BCUT2D eigenvalue weighted by Gasteiger charge is -2.07. The summed E-state index contributed by atoms with van der Waals surface area (Å²) < 4.78 is 15.3. The number of carbonyl (C=O) groups is 1. The minimum Gasteiger partial charge on any atom is -0.349 e. The first kappa shape index (κ1) is 17.5. The van der Waals surface area contributed by atoms with Crippen molar-refractivity contribution in [3.63, 3.8) is 0 Å². The highest BCUT2D eigenvalue weighted by molar-refractivity contribution is 6.09. The van der Waals surface area contributed by atoms with Crippen molar-refractivity contribution in [1.82, 2.24) is 4.57 Å². The van der Waals surface area contributed by atoms with Crippen LogP contribution in [0.2, 0.25) is 0 Å². The van der Waals surface area contributed by atoms with E-state index in [0.29, 0.717) is 5.69 Å². The van der Waals surface area contributed by atoms with Crippen LogP contribution in [-0.2, 0) is 11.3 Å². The van der Waals surface area contributed by atoms with Gasteiger partial charge in [0.1, 0.15) is 17.5 Å². The van der Waals surface area contributed by atoms with Gasteiger partial charge < -0.3 is 9.88 Å². The maximum Gasteiger partial charge on any atom is 0.266 e. The van der Waals surface area contributed by atoms with Gasteiger partial charge in [-0.3, -0.25) is 4.79 Å². The molecule has 0 fully saturated rings. The zero-order valence-corrected chi connectivity index (χ0v) is 14.1. The van der Waals surface area contributed by atoms with Gasteiger partial charge in [-0.15, -0.1) is 0 Å². The Balaban J connectivity index is 2.28. The highest BCUT2D eigenvalue weighted by Gasteiger charge is 2.13. The molecule has 0 atom stereocenters. The van der Waals surface area contributed by atoms with Gasteiger partial charge in [-0.25, -0.2) is 4.39 Å². The SMILES string of the molecule is CCCn1c(C)cc(/C=C(/C#N)C(=O)Nc2cccc(F)c2)c1C. The fourth-order valence-corrected chi connectivity index (χ4v) is 2.61. The van der Waals surface area contributed by atoms with E-state index in [-0.39, 0.29) is 5.57 Å². The predicted molar refractivity (Wildman–Crippen MR) is 92.8 cm³/mol. The van der Waals surface area contributed by atoms with Crippen LogP contribution in [0.3, 0.4) is 0 Å². The van der Waals surface area contributed by atoms with E-state index < -0.39 is 11.7 Å². The first-order valence-electron chi connectivity index (χ1n) is 7.81. The minimum atomic E-state index is -0.552. The van der Waals surface area contributed by atoms with Gasteiger partial charge in [0.15, 0.2) is 0 Å². The quantitative estimate of drug-likeness (QED) is 0.661. The van der Waals surface area contributed by atoms with Crippen LogP contribution in [0.4, 0.5) is 10.1 Å². The van der Waals surface area contributed by atoms with Crippen molar-refractivity contribution in [3.05, 3.63) is 58.7 Å². The van der Waals surface area contributed by atoms with E-state index in [9.17, 15) is 14.4 Å². The number of aryl methyl sites for hydroxylation is 1. The zero-order valence-electron chi connectivity index (χ0n) is 14.1. The summed E-state index contributed by atoms with van der Waals surface area (Å²) in [5.41, 5.74) is 3.24. The Morgan fingerprint density at radius 2 is 2.12 bits per heavy atom. The molecule has 2 rings (SSSR count). The van der Waals surface area contributed by atoms with Gasteiger partial charge in [0.05, 0.1) is 0 Å². The molecule has 24 heavy (non-hydrogen) atoms. The summed E-state index contributed by atoms with van der Waals surface area (Å²) in [6.45, 7) is 6.96. The Labute approximate surface area is 141 Å². The molecule has 4 nitrogen and oxygen atoms in total. The van der Waals surface area contributed by atoms with Gasteiger partial charge in [-0.1, -0.05) is 13.0 Å². The average molecular weight is 325 g/mol. The summed E-state index contributed by atoms with van der Waals surface area (Å²) in [4.78, 5) is 12.3. The number of nitriles is 1. The molecule has 0 radical (unpaired) electrons. The van der Waals surface area contributed by atoms with Crippen LogP contribution in [0.5, 0.6) is 0 Å². The molecule has 1 heterocycles. The Kier molecular flexibility index (Phi) is 5.54. The van der Waals surface area contributed by atoms with Crippen LogP contribution in [-0.4, -0.2) is 10.5 Å². The molecule has 0 saturated heterocycles. The van der Waals surface area contributed by atoms with Crippen molar-refractivity contribution in [2.75, 3.05) is 5.32 Å². The molecule has 2 aromatic rings. The fourth-order valence-electron chi connectivity index (χ4n) is 2.61. The maximum absolute atomic E-state index is 13.2. The number of hydrogen-bond donors (Lipinski definition) is 1. The normalized spacial score (nSPS) is 11.2. The standard InChI is InChI=1S/C19H20FN3O/c1-4-8-23-13(2)9-15(14(23)3)10-16(12-21)19(24)22-18-7-5-6-17(20)11-18/h5-7,9-11H,4,8H2,1-3H3,(H,22,24)/b16-10-. The number of nitrogens with one attached hydrogen (secondary N) is 1. The second kappa shape index (κ2) is 7.60. The summed E-state index contributed by atoms with van der Waals surface area (Å²) in [7, 11) is 0. The number of anilines is 1. The Morgan fingerprint density at radius 3 is 2.75 bits per heavy atom. The molecule has 1 aromatic heterocycles. The summed E-state index contributed by atoms with van der Waals surface area (Å²) in [5, 5.41) is 11.8. The number of benzene rings is 1. The molecule has 0 saturated carbocycles. The van der Waals surface area contributed by atoms with Crippen molar-refractivity contribution < 1.29 is 9.18 Å². The van der Waals surface area contributed by atoms with E-state index in [2.05, 4.69) is 16.8 Å². The summed E-state index contributed by atoms with van der Waals surface area (Å²) in [6.07, 6.45) is 2.58. The van der Waals surface area contributed by atoms with Gasteiger partial charge in [0.2, 0.25) is 0 Å². The fraction of sp³-hybridized carbons (Fsp3) is 0.263. The lowest BCUT2D eigenvalue weighted by atomic mass is 10.1. The molecule has 124 valence electrons. The van der Waals surface area contributed by atoms with E-state index >= 15 is 0 Å². The summed E-state index contributed by atoms with van der Waals surface area (Å²) in [6, 6.07) is 9.45. The van der Waals surface area contributed by atoms with E-state index in [1.54, 1.807) is 12.1 Å². The monoisotopic (exact) mass is 325 g/mol. The molecule has 0 bridgehead atoms.